The Labute approximate surface area is 384 Å². The number of benzene rings is 2. The van der Waals surface area contributed by atoms with Gasteiger partial charge in [0.05, 0.1) is 12.5 Å². The Bertz CT molecular complexity index is 1960. The van der Waals surface area contributed by atoms with Crippen LogP contribution in [0.2, 0.25) is 0 Å². The van der Waals surface area contributed by atoms with Gasteiger partial charge in [-0.2, -0.15) is 0 Å². The van der Waals surface area contributed by atoms with Crippen molar-refractivity contribution in [3.8, 4) is 0 Å². The maximum Gasteiger partial charge on any atom is 0.408 e. The Hall–Kier alpha value is -5.67. The number of methoxy groups -OCH3 is 1. The van der Waals surface area contributed by atoms with E-state index in [0.29, 0.717) is 25.7 Å². The van der Waals surface area contributed by atoms with Crippen LogP contribution >= 0.6 is 0 Å². The molecule has 0 radical (unpaired) electrons. The summed E-state index contributed by atoms with van der Waals surface area (Å²) in [6.45, 7) is 17.0. The third-order valence-electron chi connectivity index (χ3n) is 11.6. The van der Waals surface area contributed by atoms with Crippen LogP contribution in [0.4, 0.5) is 9.59 Å². The number of nitrogens with zero attached hydrogens (tertiary/aromatic N) is 1. The molecule has 1 fully saturated rings. The first-order valence-corrected chi connectivity index (χ1v) is 22.8. The van der Waals surface area contributed by atoms with Gasteiger partial charge in [-0.15, -0.1) is 0 Å². The molecular weight excluding hydrogens is 833 g/mol. The molecule has 358 valence electrons. The average Bonchev–Trinajstić information content (AvgIpc) is 3.60. The van der Waals surface area contributed by atoms with Crippen molar-refractivity contribution in [3.05, 3.63) is 71.3 Å². The molecule has 2 aromatic carbocycles. The average molecular weight is 905 g/mol. The number of carbonyl (C=O) groups excluding carboxylic acids is 7. The summed E-state index contributed by atoms with van der Waals surface area (Å²) in [5, 5.41) is 14.4. The standard InChI is InChI=1S/C49H72N6O10/c1-32(2)28-37(39(56)51-36(22-16-17-25-50-44(61)64-46(3,4)5)41(58)55-26-23-48(9,24-27-55)43(60)63-10)52-40(57)38(29-33-18-12-11-13-19-33)53-42(59)49(54-45(62)65-47(6,7)8)30-34-20-14-15-21-35(34)31-49/h11-15,18-21,32,36-38H,16-17,22-31H2,1-10H3,(H,50,61)(H,51,56)(H,52,57)(H,53,59)(H,54,62)/t36-,37?,38-/m1/s1. The van der Waals surface area contributed by atoms with Gasteiger partial charge in [0.2, 0.25) is 23.6 Å². The van der Waals surface area contributed by atoms with Crippen LogP contribution in [0.25, 0.3) is 0 Å². The number of rotatable bonds is 18. The lowest BCUT2D eigenvalue weighted by atomic mass is 9.80. The minimum absolute atomic E-state index is 0.0712. The van der Waals surface area contributed by atoms with Gasteiger partial charge in [0, 0.05) is 38.9 Å². The molecular formula is C49H72N6O10. The number of fused-ring (bicyclic) bond motifs is 1. The van der Waals surface area contributed by atoms with Crippen molar-refractivity contribution in [2.45, 2.75) is 155 Å². The van der Waals surface area contributed by atoms with Crippen molar-refractivity contribution in [1.82, 2.24) is 31.5 Å². The molecule has 5 N–H and O–H groups in total. The highest BCUT2D eigenvalue weighted by Crippen LogP contribution is 2.33. The molecule has 65 heavy (non-hydrogen) atoms. The van der Waals surface area contributed by atoms with Crippen molar-refractivity contribution in [3.63, 3.8) is 0 Å². The highest BCUT2D eigenvalue weighted by atomic mass is 16.6. The van der Waals surface area contributed by atoms with Crippen LogP contribution in [0.3, 0.4) is 0 Å². The number of unbranched alkanes of at least 4 members (excludes halogenated alkanes) is 1. The second-order valence-electron chi connectivity index (χ2n) is 20.1. The summed E-state index contributed by atoms with van der Waals surface area (Å²) in [6, 6.07) is 13.4. The molecule has 0 bridgehead atoms. The Morgan fingerprint density at radius 1 is 0.708 bits per heavy atom. The van der Waals surface area contributed by atoms with Crippen LogP contribution in [-0.4, -0.2) is 108 Å². The van der Waals surface area contributed by atoms with Gasteiger partial charge >= 0.3 is 18.2 Å². The molecule has 16 nitrogen and oxygen atoms in total. The monoisotopic (exact) mass is 905 g/mol. The van der Waals surface area contributed by atoms with Crippen LogP contribution < -0.4 is 26.6 Å². The van der Waals surface area contributed by atoms with E-state index in [1.54, 1.807) is 46.4 Å². The summed E-state index contributed by atoms with van der Waals surface area (Å²) in [4.78, 5) is 97.5. The van der Waals surface area contributed by atoms with E-state index in [0.717, 1.165) is 16.7 Å². The number of likely N-dealkylation sites (tertiary alicyclic amines) is 1. The predicted molar refractivity (Wildman–Crippen MR) is 245 cm³/mol. The largest absolute Gasteiger partial charge is 0.469 e. The topological polar surface area (TPSA) is 211 Å². The summed E-state index contributed by atoms with van der Waals surface area (Å²) in [7, 11) is 1.34. The van der Waals surface area contributed by atoms with Crippen molar-refractivity contribution >= 4 is 41.8 Å². The fourth-order valence-corrected chi connectivity index (χ4v) is 8.15. The Kier molecular flexibility index (Phi) is 18.0. The van der Waals surface area contributed by atoms with Crippen LogP contribution in [-0.2, 0) is 57.4 Å². The zero-order chi connectivity index (χ0) is 48.2. The normalized spacial score (nSPS) is 16.8. The molecule has 1 aliphatic heterocycles. The van der Waals surface area contributed by atoms with Gasteiger partial charge in [0.15, 0.2) is 0 Å². The van der Waals surface area contributed by atoms with Crippen LogP contribution in [0.5, 0.6) is 0 Å². The lowest BCUT2D eigenvalue weighted by molar-refractivity contribution is -0.156. The number of esters is 1. The van der Waals surface area contributed by atoms with E-state index in [4.69, 9.17) is 14.2 Å². The van der Waals surface area contributed by atoms with Crippen LogP contribution in [0, 0.1) is 11.3 Å². The third kappa shape index (κ3) is 15.8. The number of hydrogen-bond donors (Lipinski definition) is 5. The minimum Gasteiger partial charge on any atom is -0.469 e. The summed E-state index contributed by atoms with van der Waals surface area (Å²) in [6.07, 6.45) is 1.22. The molecule has 1 unspecified atom stereocenters. The summed E-state index contributed by atoms with van der Waals surface area (Å²) >= 11 is 0. The lowest BCUT2D eigenvalue weighted by Crippen LogP contribution is -2.64. The van der Waals surface area contributed by atoms with E-state index in [1.807, 2.05) is 75.4 Å². The summed E-state index contributed by atoms with van der Waals surface area (Å²) < 4.78 is 15.9. The zero-order valence-electron chi connectivity index (χ0n) is 40.0. The molecule has 16 heteroatoms. The highest BCUT2D eigenvalue weighted by molar-refractivity contribution is 5.97. The first-order valence-electron chi connectivity index (χ1n) is 22.8. The van der Waals surface area contributed by atoms with Crippen molar-refractivity contribution < 1.29 is 47.8 Å². The molecule has 0 saturated carbocycles. The van der Waals surface area contributed by atoms with E-state index in [2.05, 4.69) is 26.6 Å². The molecule has 0 aromatic heterocycles. The maximum absolute atomic E-state index is 14.6. The molecule has 1 saturated heterocycles. The molecule has 3 atom stereocenters. The van der Waals surface area contributed by atoms with E-state index < -0.39 is 70.2 Å². The fraction of sp³-hybridized carbons (Fsp3) is 0.612. The Balaban J connectivity index is 1.57. The number of piperidine rings is 1. The maximum atomic E-state index is 14.6. The second-order valence-corrected chi connectivity index (χ2v) is 20.1. The second kappa shape index (κ2) is 22.5. The molecule has 1 heterocycles. The number of alkyl carbamates (subject to hydrolysis) is 2. The van der Waals surface area contributed by atoms with E-state index in [9.17, 15) is 33.6 Å². The molecule has 2 aromatic rings. The van der Waals surface area contributed by atoms with E-state index in [-0.39, 0.29) is 69.5 Å². The van der Waals surface area contributed by atoms with Crippen molar-refractivity contribution in [2.75, 3.05) is 26.7 Å². The van der Waals surface area contributed by atoms with Gasteiger partial charge in [-0.05, 0) is 110 Å². The van der Waals surface area contributed by atoms with Gasteiger partial charge in [-0.25, -0.2) is 9.59 Å². The zero-order valence-corrected chi connectivity index (χ0v) is 40.0. The fourth-order valence-electron chi connectivity index (χ4n) is 8.15. The predicted octanol–water partition coefficient (Wildman–Crippen LogP) is 5.29. The number of hydrogen-bond acceptors (Lipinski definition) is 10. The number of ether oxygens (including phenoxy) is 3. The number of amides is 6. The van der Waals surface area contributed by atoms with Crippen LogP contribution in [0.1, 0.15) is 118 Å². The van der Waals surface area contributed by atoms with Crippen molar-refractivity contribution in [2.24, 2.45) is 11.3 Å². The van der Waals surface area contributed by atoms with Gasteiger partial charge < -0.3 is 45.7 Å². The lowest BCUT2D eigenvalue weighted by Gasteiger charge is -2.39. The first-order chi connectivity index (χ1) is 30.4. The Morgan fingerprint density at radius 2 is 1.25 bits per heavy atom. The van der Waals surface area contributed by atoms with Crippen molar-refractivity contribution in [1.29, 1.82) is 0 Å². The molecule has 4 rings (SSSR count). The molecule has 1 aliphatic carbocycles. The number of carbonyl (C=O) groups is 7. The SMILES string of the molecule is COC(=O)C1(C)CCN(C(=O)[C@@H](CCCCNC(=O)OC(C)(C)C)NC(=O)C(CC(C)C)NC(=O)[C@@H](Cc2ccccc2)NC(=O)C2(NC(=O)OC(C)(C)C)Cc3ccccc3C2)CC1. The minimum atomic E-state index is -1.48. The summed E-state index contributed by atoms with van der Waals surface area (Å²) in [5.74, 6) is -2.53. The van der Waals surface area contributed by atoms with E-state index >= 15 is 0 Å². The van der Waals surface area contributed by atoms with Crippen LogP contribution in [0.15, 0.2) is 54.6 Å². The highest BCUT2D eigenvalue weighted by Gasteiger charge is 2.47. The molecule has 6 amide bonds. The van der Waals surface area contributed by atoms with Gasteiger partial charge in [0.25, 0.3) is 0 Å². The van der Waals surface area contributed by atoms with E-state index in [1.165, 1.54) is 7.11 Å². The molecule has 2 aliphatic rings. The van der Waals surface area contributed by atoms with Gasteiger partial charge in [-0.3, -0.25) is 24.0 Å². The quantitative estimate of drug-likeness (QED) is 0.0742. The smallest absolute Gasteiger partial charge is 0.408 e. The molecule has 0 spiro atoms. The van der Waals surface area contributed by atoms with Gasteiger partial charge in [-0.1, -0.05) is 68.4 Å². The number of nitrogens with one attached hydrogen (secondary N) is 5. The third-order valence-corrected chi connectivity index (χ3v) is 11.6. The summed E-state index contributed by atoms with van der Waals surface area (Å²) in [5.41, 5.74) is -1.22. The first kappa shape index (κ1) is 52.0. The Morgan fingerprint density at radius 3 is 1.80 bits per heavy atom. The van der Waals surface area contributed by atoms with Gasteiger partial charge in [0.1, 0.15) is 34.9 Å².